The molecule has 0 aliphatic carbocycles. The maximum atomic E-state index is 14.3. The molecule has 3 rings (SSSR count). The van der Waals surface area contributed by atoms with E-state index in [1.165, 1.54) is 16.4 Å². The highest BCUT2D eigenvalue weighted by Crippen LogP contribution is 2.26. The largest absolute Gasteiger partial charge is 0.496 e. The monoisotopic (exact) mass is 414 g/mol. The molecule has 2 aromatic carbocycles. The van der Waals surface area contributed by atoms with Crippen LogP contribution >= 0.6 is 11.6 Å². The first-order chi connectivity index (χ1) is 12.9. The van der Waals surface area contributed by atoms with E-state index in [0.29, 0.717) is 36.2 Å². The van der Waals surface area contributed by atoms with Crippen LogP contribution < -0.4 is 10.1 Å². The Morgan fingerprint density at radius 3 is 2.67 bits per heavy atom. The maximum Gasteiger partial charge on any atom is 0.246 e. The molecule has 1 aliphatic heterocycles. The molecule has 0 radical (unpaired) electrons. The van der Waals surface area contributed by atoms with Crippen LogP contribution in [0.5, 0.6) is 5.75 Å². The Hall–Kier alpha value is -1.87. The van der Waals surface area contributed by atoms with Crippen LogP contribution in [0.1, 0.15) is 5.56 Å². The number of sulfonamides is 1. The first kappa shape index (κ1) is 19.9. The predicted octanol–water partition coefficient (Wildman–Crippen LogP) is 3.12. The molecule has 1 saturated heterocycles. The van der Waals surface area contributed by atoms with Crippen molar-refractivity contribution in [1.82, 2.24) is 4.31 Å². The van der Waals surface area contributed by atoms with Crippen LogP contribution in [0, 0.1) is 5.82 Å². The van der Waals surface area contributed by atoms with E-state index in [1.54, 1.807) is 25.3 Å². The van der Waals surface area contributed by atoms with Crippen LogP contribution in [0.2, 0.25) is 5.02 Å². The van der Waals surface area contributed by atoms with E-state index >= 15 is 0 Å². The second-order valence-corrected chi connectivity index (χ2v) is 8.31. The molecule has 0 saturated carbocycles. The normalized spacial score (nSPS) is 15.5. The highest BCUT2D eigenvalue weighted by atomic mass is 35.5. The molecule has 146 valence electrons. The van der Waals surface area contributed by atoms with Gasteiger partial charge in [0, 0.05) is 35.9 Å². The van der Waals surface area contributed by atoms with Gasteiger partial charge in [0.25, 0.3) is 0 Å². The Bertz CT molecular complexity index is 918. The Morgan fingerprint density at radius 1 is 1.22 bits per heavy atom. The van der Waals surface area contributed by atoms with Crippen molar-refractivity contribution in [3.8, 4) is 5.75 Å². The molecule has 1 heterocycles. The van der Waals surface area contributed by atoms with Gasteiger partial charge in [-0.25, -0.2) is 12.8 Å². The van der Waals surface area contributed by atoms with E-state index in [4.69, 9.17) is 21.1 Å². The molecule has 0 spiro atoms. The highest BCUT2D eigenvalue weighted by Gasteiger charge is 2.29. The Kier molecular flexibility index (Phi) is 6.21. The van der Waals surface area contributed by atoms with E-state index < -0.39 is 15.8 Å². The number of nitrogens with zero attached hydrogens (tertiary/aromatic N) is 1. The molecule has 0 bridgehead atoms. The van der Waals surface area contributed by atoms with Gasteiger partial charge in [-0.05, 0) is 36.4 Å². The fourth-order valence-electron chi connectivity index (χ4n) is 2.82. The summed E-state index contributed by atoms with van der Waals surface area (Å²) in [5.41, 5.74) is 1.28. The van der Waals surface area contributed by atoms with Crippen molar-refractivity contribution in [2.24, 2.45) is 0 Å². The number of halogens is 2. The van der Waals surface area contributed by atoms with Crippen LogP contribution in [0.3, 0.4) is 0 Å². The second kappa shape index (κ2) is 8.43. The maximum absolute atomic E-state index is 14.3. The minimum absolute atomic E-state index is 0.207. The minimum atomic E-state index is -3.93. The van der Waals surface area contributed by atoms with Crippen molar-refractivity contribution in [2.75, 3.05) is 38.7 Å². The zero-order valence-electron chi connectivity index (χ0n) is 14.7. The average molecular weight is 415 g/mol. The fraction of sp³-hybridized carbons (Fsp3) is 0.333. The number of rotatable bonds is 6. The smallest absolute Gasteiger partial charge is 0.246 e. The lowest BCUT2D eigenvalue weighted by Gasteiger charge is -2.26. The summed E-state index contributed by atoms with van der Waals surface area (Å²) in [5, 5.41) is 3.65. The predicted molar refractivity (Wildman–Crippen MR) is 101 cm³/mol. The summed E-state index contributed by atoms with van der Waals surface area (Å²) in [7, 11) is -2.37. The lowest BCUT2D eigenvalue weighted by molar-refractivity contribution is 0.0729. The number of hydrogen-bond donors (Lipinski definition) is 1. The van der Waals surface area contributed by atoms with E-state index in [-0.39, 0.29) is 18.0 Å². The van der Waals surface area contributed by atoms with E-state index in [2.05, 4.69) is 5.32 Å². The third-order valence-corrected chi connectivity index (χ3v) is 6.39. The summed E-state index contributed by atoms with van der Waals surface area (Å²) < 4.78 is 51.4. The number of benzene rings is 2. The van der Waals surface area contributed by atoms with Gasteiger partial charge in [0.2, 0.25) is 10.0 Å². The zero-order chi connectivity index (χ0) is 19.4. The summed E-state index contributed by atoms with van der Waals surface area (Å²) in [4.78, 5) is -0.354. The number of anilines is 1. The third kappa shape index (κ3) is 4.52. The third-order valence-electron chi connectivity index (χ3n) is 4.24. The molecule has 9 heteroatoms. The van der Waals surface area contributed by atoms with Crippen molar-refractivity contribution in [3.05, 3.63) is 52.8 Å². The summed E-state index contributed by atoms with van der Waals surface area (Å²) in [6.45, 7) is 1.35. The average Bonchev–Trinajstić information content (AvgIpc) is 2.68. The molecule has 6 nitrogen and oxygen atoms in total. The van der Waals surface area contributed by atoms with Gasteiger partial charge in [0.15, 0.2) is 0 Å². The van der Waals surface area contributed by atoms with Gasteiger partial charge < -0.3 is 14.8 Å². The number of morpholine rings is 1. The van der Waals surface area contributed by atoms with Gasteiger partial charge in [-0.15, -0.1) is 0 Å². The lowest BCUT2D eigenvalue weighted by Crippen LogP contribution is -2.40. The van der Waals surface area contributed by atoms with Crippen LogP contribution in [-0.4, -0.2) is 46.1 Å². The van der Waals surface area contributed by atoms with Crippen LogP contribution in [0.4, 0.5) is 10.1 Å². The van der Waals surface area contributed by atoms with Gasteiger partial charge in [-0.3, -0.25) is 0 Å². The van der Waals surface area contributed by atoms with Crippen molar-refractivity contribution < 1.29 is 22.3 Å². The van der Waals surface area contributed by atoms with Gasteiger partial charge >= 0.3 is 0 Å². The summed E-state index contributed by atoms with van der Waals surface area (Å²) >= 11 is 6.02. The first-order valence-electron chi connectivity index (χ1n) is 8.35. The van der Waals surface area contributed by atoms with Crippen molar-refractivity contribution >= 4 is 27.3 Å². The number of methoxy groups -OCH3 is 1. The Labute approximate surface area is 162 Å². The summed E-state index contributed by atoms with van der Waals surface area (Å²) in [6.07, 6.45) is 0. The highest BCUT2D eigenvalue weighted by molar-refractivity contribution is 7.89. The van der Waals surface area contributed by atoms with Crippen LogP contribution in [0.25, 0.3) is 0 Å². The van der Waals surface area contributed by atoms with Gasteiger partial charge in [0.1, 0.15) is 16.5 Å². The second-order valence-electron chi connectivity index (χ2n) is 5.97. The van der Waals surface area contributed by atoms with E-state index in [1.807, 2.05) is 0 Å². The molecule has 1 aliphatic rings. The first-order valence-corrected chi connectivity index (χ1v) is 10.2. The Balaban J connectivity index is 1.82. The van der Waals surface area contributed by atoms with Gasteiger partial charge in [-0.2, -0.15) is 4.31 Å². The molecule has 1 N–H and O–H groups in total. The SMILES string of the molecule is COc1ccc(Cl)cc1CNc1ccc(F)c(S(=O)(=O)N2CCOCC2)c1. The Morgan fingerprint density at radius 2 is 1.96 bits per heavy atom. The van der Waals surface area contributed by atoms with E-state index in [0.717, 1.165) is 11.6 Å². The minimum Gasteiger partial charge on any atom is -0.496 e. The topological polar surface area (TPSA) is 67.9 Å². The molecular weight excluding hydrogens is 395 g/mol. The van der Waals surface area contributed by atoms with Crippen molar-refractivity contribution in [3.63, 3.8) is 0 Å². The summed E-state index contributed by atoms with van der Waals surface area (Å²) in [5.74, 6) is -0.137. The van der Waals surface area contributed by atoms with Crippen LogP contribution in [-0.2, 0) is 21.3 Å². The summed E-state index contributed by atoms with van der Waals surface area (Å²) in [6, 6.07) is 9.15. The zero-order valence-corrected chi connectivity index (χ0v) is 16.3. The number of nitrogens with one attached hydrogen (secondary N) is 1. The fourth-order valence-corrected chi connectivity index (χ4v) is 4.51. The van der Waals surface area contributed by atoms with E-state index in [9.17, 15) is 12.8 Å². The molecule has 0 aromatic heterocycles. The van der Waals surface area contributed by atoms with Crippen molar-refractivity contribution in [1.29, 1.82) is 0 Å². The number of ether oxygens (including phenoxy) is 2. The molecular formula is C18H20ClFN2O4S. The van der Waals surface area contributed by atoms with Crippen LogP contribution in [0.15, 0.2) is 41.3 Å². The molecule has 0 amide bonds. The lowest BCUT2D eigenvalue weighted by atomic mass is 10.2. The quantitative estimate of drug-likeness (QED) is 0.786. The molecule has 1 fully saturated rings. The standard InChI is InChI=1S/C18H20ClFN2O4S/c1-25-17-5-2-14(19)10-13(17)12-21-15-3-4-16(20)18(11-15)27(23,24)22-6-8-26-9-7-22/h2-5,10-11,21H,6-9,12H2,1H3. The molecule has 27 heavy (non-hydrogen) atoms. The van der Waals surface area contributed by atoms with Gasteiger partial charge in [0.05, 0.1) is 20.3 Å². The number of hydrogen-bond acceptors (Lipinski definition) is 5. The molecule has 2 aromatic rings. The molecule has 0 atom stereocenters. The van der Waals surface area contributed by atoms with Crippen molar-refractivity contribution in [2.45, 2.75) is 11.4 Å². The van der Waals surface area contributed by atoms with Gasteiger partial charge in [-0.1, -0.05) is 11.6 Å². The molecule has 0 unspecified atom stereocenters.